The topological polar surface area (TPSA) is 76.0 Å². The van der Waals surface area contributed by atoms with E-state index in [9.17, 15) is 9.59 Å². The van der Waals surface area contributed by atoms with Crippen LogP contribution in [0, 0.1) is 0 Å². The van der Waals surface area contributed by atoms with E-state index in [2.05, 4.69) is 15.6 Å². The summed E-state index contributed by atoms with van der Waals surface area (Å²) in [5.41, 5.74) is 4.99. The maximum absolute atomic E-state index is 12.5. The van der Waals surface area contributed by atoms with Crippen LogP contribution in [0.5, 0.6) is 0 Å². The van der Waals surface area contributed by atoms with Gasteiger partial charge in [0, 0.05) is 30.4 Å². The lowest BCUT2D eigenvalue weighted by atomic mass is 10.1. The van der Waals surface area contributed by atoms with Crippen LogP contribution < -0.4 is 10.6 Å². The highest BCUT2D eigenvalue weighted by molar-refractivity contribution is 5.95. The number of fused-ring (bicyclic) bond motifs is 1. The molecule has 4 rings (SSSR count). The lowest BCUT2D eigenvalue weighted by molar-refractivity contribution is 0.0946. The molecule has 2 amide bonds. The second-order valence-electron chi connectivity index (χ2n) is 6.61. The Morgan fingerprint density at radius 3 is 2.24 bits per heavy atom. The fourth-order valence-electron chi connectivity index (χ4n) is 3.14. The molecule has 0 saturated heterocycles. The van der Waals surface area contributed by atoms with Crippen molar-refractivity contribution in [3.63, 3.8) is 0 Å². The van der Waals surface area contributed by atoms with Crippen molar-refractivity contribution >= 4 is 22.8 Å². The van der Waals surface area contributed by atoms with E-state index in [1.807, 2.05) is 53.1 Å². The molecule has 0 fully saturated rings. The van der Waals surface area contributed by atoms with Gasteiger partial charge in [-0.2, -0.15) is 0 Å². The number of hydrogen-bond donors (Lipinski definition) is 2. The minimum Gasteiger partial charge on any atom is -0.355 e. The number of benzene rings is 3. The lowest BCUT2D eigenvalue weighted by Crippen LogP contribution is -2.23. The number of para-hydroxylation sites is 2. The zero-order chi connectivity index (χ0) is 20.2. The van der Waals surface area contributed by atoms with Crippen LogP contribution in [0.2, 0.25) is 0 Å². The van der Waals surface area contributed by atoms with Gasteiger partial charge in [0.05, 0.1) is 11.0 Å². The molecule has 144 valence electrons. The van der Waals surface area contributed by atoms with E-state index < -0.39 is 0 Å². The molecule has 29 heavy (non-hydrogen) atoms. The van der Waals surface area contributed by atoms with Crippen LogP contribution in [0.3, 0.4) is 0 Å². The summed E-state index contributed by atoms with van der Waals surface area (Å²) in [5, 5.41) is 5.49. The van der Waals surface area contributed by atoms with Crippen LogP contribution in [0.1, 0.15) is 26.3 Å². The number of carbonyl (C=O) groups excluding carboxylic acids is 2. The number of rotatable bonds is 5. The molecule has 0 atom stereocenters. The number of imidazole rings is 1. The summed E-state index contributed by atoms with van der Waals surface area (Å²) >= 11 is 0. The van der Waals surface area contributed by atoms with Gasteiger partial charge < -0.3 is 10.6 Å². The van der Waals surface area contributed by atoms with Gasteiger partial charge in [-0.05, 0) is 54.1 Å². The summed E-state index contributed by atoms with van der Waals surface area (Å²) in [7, 11) is 1.59. The molecule has 6 nitrogen and oxygen atoms in total. The van der Waals surface area contributed by atoms with Crippen LogP contribution in [0.25, 0.3) is 16.7 Å². The minimum absolute atomic E-state index is 0.133. The van der Waals surface area contributed by atoms with Gasteiger partial charge >= 0.3 is 0 Å². The molecule has 2 N–H and O–H groups in total. The summed E-state index contributed by atoms with van der Waals surface area (Å²) < 4.78 is 1.99. The smallest absolute Gasteiger partial charge is 0.251 e. The van der Waals surface area contributed by atoms with Crippen LogP contribution >= 0.6 is 0 Å². The molecule has 1 heterocycles. The molecule has 0 aliphatic carbocycles. The minimum atomic E-state index is -0.151. The van der Waals surface area contributed by atoms with Gasteiger partial charge in [-0.1, -0.05) is 24.3 Å². The molecule has 0 saturated carbocycles. The summed E-state index contributed by atoms with van der Waals surface area (Å²) in [6.07, 6.45) is 1.78. The van der Waals surface area contributed by atoms with E-state index >= 15 is 0 Å². The van der Waals surface area contributed by atoms with Crippen molar-refractivity contribution in [2.75, 3.05) is 7.05 Å². The predicted octanol–water partition coefficient (Wildman–Crippen LogP) is 3.32. The number of nitrogens with zero attached hydrogens (tertiary/aromatic N) is 2. The highest BCUT2D eigenvalue weighted by atomic mass is 16.2. The number of nitrogens with one attached hydrogen (secondary N) is 2. The van der Waals surface area contributed by atoms with Crippen LogP contribution in [0.15, 0.2) is 79.1 Å². The molecule has 0 radical (unpaired) electrons. The van der Waals surface area contributed by atoms with E-state index in [0.29, 0.717) is 17.7 Å². The Kier molecular flexibility index (Phi) is 5.07. The fraction of sp³-hybridized carbons (Fsp3) is 0.0870. The Morgan fingerprint density at radius 1 is 0.862 bits per heavy atom. The van der Waals surface area contributed by atoms with Gasteiger partial charge in [0.25, 0.3) is 11.8 Å². The molecule has 0 aliphatic heterocycles. The van der Waals surface area contributed by atoms with Crippen molar-refractivity contribution in [2.45, 2.75) is 6.54 Å². The molecule has 0 spiro atoms. The second-order valence-corrected chi connectivity index (χ2v) is 6.61. The van der Waals surface area contributed by atoms with Crippen molar-refractivity contribution in [1.82, 2.24) is 20.2 Å². The number of carbonyl (C=O) groups is 2. The van der Waals surface area contributed by atoms with Crippen molar-refractivity contribution < 1.29 is 9.59 Å². The second kappa shape index (κ2) is 7.98. The van der Waals surface area contributed by atoms with Gasteiger partial charge in [0.1, 0.15) is 6.33 Å². The van der Waals surface area contributed by atoms with Gasteiger partial charge in [-0.25, -0.2) is 4.98 Å². The van der Waals surface area contributed by atoms with Crippen LogP contribution in [-0.2, 0) is 6.54 Å². The number of aromatic nitrogens is 2. The molecule has 6 heteroatoms. The first kappa shape index (κ1) is 18.4. The normalized spacial score (nSPS) is 10.7. The molecule has 3 aromatic carbocycles. The Balaban J connectivity index is 1.42. The monoisotopic (exact) mass is 384 g/mol. The van der Waals surface area contributed by atoms with E-state index in [1.165, 1.54) is 0 Å². The largest absolute Gasteiger partial charge is 0.355 e. The highest BCUT2D eigenvalue weighted by Gasteiger charge is 2.08. The zero-order valence-corrected chi connectivity index (χ0v) is 15.9. The van der Waals surface area contributed by atoms with Crippen molar-refractivity contribution in [1.29, 1.82) is 0 Å². The molecule has 0 unspecified atom stereocenters. The molecule has 1 aromatic heterocycles. The summed E-state index contributed by atoms with van der Waals surface area (Å²) in [5.74, 6) is -0.284. The predicted molar refractivity (Wildman–Crippen MR) is 112 cm³/mol. The van der Waals surface area contributed by atoms with E-state index in [-0.39, 0.29) is 11.8 Å². The highest BCUT2D eigenvalue weighted by Crippen LogP contribution is 2.18. The van der Waals surface area contributed by atoms with E-state index in [4.69, 9.17) is 0 Å². The Morgan fingerprint density at radius 2 is 1.52 bits per heavy atom. The Labute approximate surface area is 168 Å². The van der Waals surface area contributed by atoms with Crippen LogP contribution in [0.4, 0.5) is 0 Å². The third kappa shape index (κ3) is 3.87. The maximum atomic E-state index is 12.5. The van der Waals surface area contributed by atoms with Crippen molar-refractivity contribution in [3.8, 4) is 5.69 Å². The summed E-state index contributed by atoms with van der Waals surface area (Å²) in [6, 6.07) is 22.5. The first-order valence-corrected chi connectivity index (χ1v) is 9.27. The summed E-state index contributed by atoms with van der Waals surface area (Å²) in [6.45, 7) is 0.390. The first-order valence-electron chi connectivity index (χ1n) is 9.27. The third-order valence-corrected chi connectivity index (χ3v) is 4.76. The SMILES string of the molecule is CNC(=O)c1ccc(CNC(=O)c2ccc(-n3cnc4ccccc43)cc2)cc1. The van der Waals surface area contributed by atoms with Gasteiger partial charge in [0.15, 0.2) is 0 Å². The molecule has 0 aliphatic rings. The molecule has 4 aromatic rings. The van der Waals surface area contributed by atoms with E-state index in [1.54, 1.807) is 37.6 Å². The van der Waals surface area contributed by atoms with Gasteiger partial charge in [0.2, 0.25) is 0 Å². The maximum Gasteiger partial charge on any atom is 0.251 e. The van der Waals surface area contributed by atoms with Crippen molar-refractivity contribution in [2.24, 2.45) is 0 Å². The quantitative estimate of drug-likeness (QED) is 0.554. The van der Waals surface area contributed by atoms with Crippen LogP contribution in [-0.4, -0.2) is 28.4 Å². The lowest BCUT2D eigenvalue weighted by Gasteiger charge is -2.08. The van der Waals surface area contributed by atoms with Gasteiger partial charge in [-0.15, -0.1) is 0 Å². The molecular weight excluding hydrogens is 364 g/mol. The summed E-state index contributed by atoms with van der Waals surface area (Å²) in [4.78, 5) is 28.4. The Hall–Kier alpha value is -3.93. The van der Waals surface area contributed by atoms with Gasteiger partial charge in [-0.3, -0.25) is 14.2 Å². The first-order chi connectivity index (χ1) is 14.2. The third-order valence-electron chi connectivity index (χ3n) is 4.76. The standard InChI is InChI=1S/C23H20N4O2/c1-24-22(28)17-8-6-16(7-9-17)14-25-23(29)18-10-12-19(13-11-18)27-15-26-20-4-2-3-5-21(20)27/h2-13,15H,14H2,1H3,(H,24,28)(H,25,29). The molecular formula is C23H20N4O2. The molecule has 0 bridgehead atoms. The Bertz CT molecular complexity index is 1160. The van der Waals surface area contributed by atoms with Crippen molar-refractivity contribution in [3.05, 3.63) is 95.8 Å². The average Bonchev–Trinajstić information content (AvgIpc) is 3.21. The number of amides is 2. The average molecular weight is 384 g/mol. The fourth-order valence-corrected chi connectivity index (χ4v) is 3.14. The van der Waals surface area contributed by atoms with E-state index in [0.717, 1.165) is 22.3 Å². The zero-order valence-electron chi connectivity index (χ0n) is 15.9. The number of hydrogen-bond acceptors (Lipinski definition) is 3.